The van der Waals surface area contributed by atoms with Gasteiger partial charge in [0.15, 0.2) is 0 Å². The molecule has 0 saturated heterocycles. The molecule has 0 aromatic heterocycles. The molecule has 0 heterocycles. The first kappa shape index (κ1) is 71.2. The van der Waals surface area contributed by atoms with Gasteiger partial charge >= 0.3 is 5.97 Å². The zero-order chi connectivity index (χ0) is 62.1. The van der Waals surface area contributed by atoms with E-state index < -0.39 is 143 Å². The molecule has 0 spiro atoms. The van der Waals surface area contributed by atoms with Crippen LogP contribution in [0, 0.1) is 41.4 Å². The van der Waals surface area contributed by atoms with Gasteiger partial charge < -0.3 is 58.7 Å². The van der Waals surface area contributed by atoms with E-state index in [9.17, 15) is 53.1 Å². The first-order valence-electron chi connectivity index (χ1n) is 29.3. The molecule has 82 heavy (non-hydrogen) atoms. The maximum Gasteiger partial charge on any atom is 0.326 e. The summed E-state index contributed by atoms with van der Waals surface area (Å²) in [4.78, 5) is 139. The summed E-state index contributed by atoms with van der Waals surface area (Å²) >= 11 is 0. The Morgan fingerprint density at radius 2 is 0.683 bits per heavy atom. The molecule has 0 saturated carbocycles. The van der Waals surface area contributed by atoms with Crippen LogP contribution < -0.4 is 53.6 Å². The molecule has 0 bridgehead atoms. The molecule has 458 valence electrons. The van der Waals surface area contributed by atoms with Crippen molar-refractivity contribution in [2.45, 2.75) is 209 Å². The third kappa shape index (κ3) is 22.8. The Hall–Kier alpha value is -6.90. The van der Waals surface area contributed by atoms with E-state index in [-0.39, 0.29) is 37.0 Å². The summed E-state index contributed by atoms with van der Waals surface area (Å²) in [6.07, 6.45) is 2.17. The van der Waals surface area contributed by atoms with Crippen molar-refractivity contribution in [1.82, 2.24) is 47.9 Å². The molecule has 21 nitrogen and oxygen atoms in total. The van der Waals surface area contributed by atoms with Crippen molar-refractivity contribution < 1.29 is 53.1 Å². The molecule has 0 unspecified atom stereocenters. The predicted octanol–water partition coefficient (Wildman–Crippen LogP) is 3.81. The van der Waals surface area contributed by atoms with Gasteiger partial charge in [-0.3, -0.25) is 43.2 Å². The number of carbonyl (C=O) groups is 10. The molecule has 9 amide bonds. The minimum Gasteiger partial charge on any atom is -0.480 e. The van der Waals surface area contributed by atoms with Crippen molar-refractivity contribution in [2.24, 2.45) is 47.2 Å². The second-order valence-electron chi connectivity index (χ2n) is 23.2. The smallest absolute Gasteiger partial charge is 0.326 e. The van der Waals surface area contributed by atoms with Crippen LogP contribution in [0.3, 0.4) is 0 Å². The molecule has 14 atom stereocenters. The number of hydrogen-bond acceptors (Lipinski definition) is 11. The number of carbonyl (C=O) groups excluding carboxylic acids is 9. The quantitative estimate of drug-likeness (QED) is 0.0470. The number of benzene rings is 2. The number of aliphatic carboxylic acids is 1. The van der Waals surface area contributed by atoms with Crippen LogP contribution in [0.4, 0.5) is 0 Å². The molecule has 2 aromatic rings. The van der Waals surface area contributed by atoms with Crippen molar-refractivity contribution in [3.05, 3.63) is 71.8 Å². The maximum absolute atomic E-state index is 14.6. The summed E-state index contributed by atoms with van der Waals surface area (Å²) in [6, 6.07) is 6.07. The molecular formula is C61H98N10O11. The Morgan fingerprint density at radius 3 is 1.04 bits per heavy atom. The highest BCUT2D eigenvalue weighted by Gasteiger charge is 2.38. The molecule has 0 radical (unpaired) electrons. The minimum atomic E-state index is -1.31. The number of nitrogens with one attached hydrogen (secondary N) is 9. The van der Waals surface area contributed by atoms with E-state index in [0.29, 0.717) is 36.8 Å². The number of nitrogens with two attached hydrogens (primary N) is 1. The lowest BCUT2D eigenvalue weighted by Gasteiger charge is -2.31. The van der Waals surface area contributed by atoms with Crippen molar-refractivity contribution >= 4 is 59.1 Å². The highest BCUT2D eigenvalue weighted by Crippen LogP contribution is 2.17. The van der Waals surface area contributed by atoms with E-state index in [1.807, 2.05) is 48.5 Å². The number of rotatable bonds is 35. The SMILES string of the molecule is CC[C@H](C)[C@H](N)C(=O)N[C@H](C(=O)N[C@@H](C)C(=O)N[C@H](C(=O)N[C@H](C(=O)N[C@@H](Cc1ccccc1)C(=O)N[C@H](C(=O)N[C@@H](Cc1ccccc1)C(=O)N[C@H](C(=O)N[C@@H](CC(C)C)C(=O)O)[C@@H](C)CC)C(C)C)C(C)C)[C@@H](C)CC)[C@@H](C)CC. The van der Waals surface area contributed by atoms with E-state index in [4.69, 9.17) is 5.73 Å². The fraction of sp³-hybridized carbons (Fsp3) is 0.639. The number of carboxylic acid groups (broad SMARTS) is 1. The molecule has 21 heteroatoms. The first-order chi connectivity index (χ1) is 38.5. The minimum absolute atomic E-state index is 0.0162. The van der Waals surface area contributed by atoms with Crippen LogP contribution in [0.15, 0.2) is 60.7 Å². The summed E-state index contributed by atoms with van der Waals surface area (Å²) in [7, 11) is 0. The van der Waals surface area contributed by atoms with Crippen LogP contribution in [-0.4, -0.2) is 125 Å². The van der Waals surface area contributed by atoms with E-state index in [2.05, 4.69) is 47.9 Å². The second kappa shape index (κ2) is 35.2. The largest absolute Gasteiger partial charge is 0.480 e. The Bertz CT molecular complexity index is 2410. The maximum atomic E-state index is 14.6. The van der Waals surface area contributed by atoms with Crippen molar-refractivity contribution in [3.8, 4) is 0 Å². The topological polar surface area (TPSA) is 325 Å². The van der Waals surface area contributed by atoms with Crippen molar-refractivity contribution in [1.29, 1.82) is 0 Å². The number of carboxylic acids is 1. The lowest BCUT2D eigenvalue weighted by atomic mass is 9.95. The van der Waals surface area contributed by atoms with Crippen LogP contribution in [0.5, 0.6) is 0 Å². The zero-order valence-electron chi connectivity index (χ0n) is 51.1. The fourth-order valence-corrected chi connectivity index (χ4v) is 8.93. The molecule has 0 aliphatic heterocycles. The predicted molar refractivity (Wildman–Crippen MR) is 316 cm³/mol. The molecule has 12 N–H and O–H groups in total. The highest BCUT2D eigenvalue weighted by molar-refractivity contribution is 5.99. The van der Waals surface area contributed by atoms with Gasteiger partial charge in [0, 0.05) is 12.8 Å². The van der Waals surface area contributed by atoms with Gasteiger partial charge in [0.1, 0.15) is 54.4 Å². The van der Waals surface area contributed by atoms with Gasteiger partial charge in [0.05, 0.1) is 6.04 Å². The van der Waals surface area contributed by atoms with Crippen LogP contribution >= 0.6 is 0 Å². The average molecular weight is 1150 g/mol. The van der Waals surface area contributed by atoms with Gasteiger partial charge in [-0.25, -0.2) is 4.79 Å². The van der Waals surface area contributed by atoms with E-state index in [1.165, 1.54) is 6.92 Å². The van der Waals surface area contributed by atoms with E-state index >= 15 is 0 Å². The Balaban J connectivity index is 2.45. The van der Waals surface area contributed by atoms with Crippen LogP contribution in [0.2, 0.25) is 0 Å². The van der Waals surface area contributed by atoms with E-state index in [1.54, 1.807) is 109 Å². The summed E-state index contributed by atoms with van der Waals surface area (Å²) in [5.41, 5.74) is 7.50. The summed E-state index contributed by atoms with van der Waals surface area (Å²) in [5.74, 6) is -9.84. The molecule has 2 rings (SSSR count). The lowest BCUT2D eigenvalue weighted by molar-refractivity contribution is -0.143. The Kier molecular flexibility index (Phi) is 30.5. The highest BCUT2D eigenvalue weighted by atomic mass is 16.4. The third-order valence-electron chi connectivity index (χ3n) is 15.3. The average Bonchev–Trinajstić information content (AvgIpc) is 3.48. The number of hydrogen-bond donors (Lipinski definition) is 11. The molecule has 0 aliphatic carbocycles. The normalized spacial score (nSPS) is 16.6. The summed E-state index contributed by atoms with van der Waals surface area (Å²) in [5, 5.41) is 34.7. The van der Waals surface area contributed by atoms with Crippen LogP contribution in [-0.2, 0) is 60.8 Å². The van der Waals surface area contributed by atoms with Gasteiger partial charge in [-0.1, -0.05) is 183 Å². The van der Waals surface area contributed by atoms with E-state index in [0.717, 1.165) is 0 Å². The Labute approximate surface area is 486 Å². The zero-order valence-corrected chi connectivity index (χ0v) is 51.1. The Morgan fingerprint density at radius 1 is 0.378 bits per heavy atom. The summed E-state index contributed by atoms with van der Waals surface area (Å²) < 4.78 is 0. The molecule has 2 aromatic carbocycles. The van der Waals surface area contributed by atoms with Crippen molar-refractivity contribution in [2.75, 3.05) is 0 Å². The monoisotopic (exact) mass is 1150 g/mol. The van der Waals surface area contributed by atoms with Crippen LogP contribution in [0.1, 0.15) is 147 Å². The van der Waals surface area contributed by atoms with Gasteiger partial charge in [-0.2, -0.15) is 0 Å². The molecule has 0 aliphatic rings. The number of amides is 9. The fourth-order valence-electron chi connectivity index (χ4n) is 8.93. The third-order valence-corrected chi connectivity index (χ3v) is 15.3. The van der Waals surface area contributed by atoms with Gasteiger partial charge in [-0.05, 0) is 65.9 Å². The standard InChI is InChI=1S/C61H98N10O11/c1-16-36(11)46(62)55(75)71-49(37(12)17-2)58(78)63-40(15)52(72)69-51(39(14)19-4)60(80)68-48(35(9)10)57(77)64-43(31-41-26-22-20-23-27-41)53(73)67-47(34(7)8)56(76)65-44(32-42-28-24-21-25-29-42)54(74)70-50(38(13)18-3)59(79)66-45(61(81)82)30-33(5)6/h20-29,33-40,43-51H,16-19,30-32,62H2,1-15H3,(H,63,78)(H,64,77)(H,65,76)(H,66,79)(H,67,73)(H,68,80)(H,69,72)(H,70,74)(H,71,75)(H,81,82)/t36-,37-,38-,39-,40-,43-,44-,45-,46-,47-,48-,49-,50-,51-/m0/s1. The van der Waals surface area contributed by atoms with Gasteiger partial charge in [-0.15, -0.1) is 0 Å². The van der Waals surface area contributed by atoms with Gasteiger partial charge in [0.25, 0.3) is 0 Å². The summed E-state index contributed by atoms with van der Waals surface area (Å²) in [6.45, 7) is 26.5. The lowest BCUT2D eigenvalue weighted by Crippen LogP contribution is -2.62. The second-order valence-corrected chi connectivity index (χ2v) is 23.2. The van der Waals surface area contributed by atoms with Crippen LogP contribution in [0.25, 0.3) is 0 Å². The first-order valence-corrected chi connectivity index (χ1v) is 29.3. The molecule has 0 fully saturated rings. The van der Waals surface area contributed by atoms with Crippen molar-refractivity contribution in [3.63, 3.8) is 0 Å². The van der Waals surface area contributed by atoms with Gasteiger partial charge in [0.2, 0.25) is 53.2 Å². The molecular weight excluding hydrogens is 1050 g/mol.